The van der Waals surface area contributed by atoms with Gasteiger partial charge in [-0.3, -0.25) is 4.79 Å². The number of esters is 1. The molecular weight excluding hydrogens is 224 g/mol. The van der Waals surface area contributed by atoms with Gasteiger partial charge in [-0.2, -0.15) is 0 Å². The zero-order valence-corrected chi connectivity index (χ0v) is 12.2. The van der Waals surface area contributed by atoms with Crippen molar-refractivity contribution < 1.29 is 9.53 Å². The van der Waals surface area contributed by atoms with E-state index in [0.29, 0.717) is 6.61 Å². The summed E-state index contributed by atoms with van der Waals surface area (Å²) in [5.74, 6) is -0.188. The quantitative estimate of drug-likeness (QED) is 0.277. The normalized spacial score (nSPS) is 11.0. The van der Waals surface area contributed by atoms with Crippen molar-refractivity contribution in [3.05, 3.63) is 12.2 Å². The third-order valence-corrected chi connectivity index (χ3v) is 2.98. The van der Waals surface area contributed by atoms with Crippen LogP contribution in [0, 0.1) is 0 Å². The second-order valence-electron chi connectivity index (χ2n) is 4.86. The molecule has 18 heavy (non-hydrogen) atoms. The van der Waals surface area contributed by atoms with Crippen molar-refractivity contribution in [2.24, 2.45) is 0 Å². The van der Waals surface area contributed by atoms with E-state index < -0.39 is 0 Å². The lowest BCUT2D eigenvalue weighted by Crippen LogP contribution is -1.98. The smallest absolute Gasteiger partial charge is 0.302 e. The highest BCUT2D eigenvalue weighted by atomic mass is 16.5. The number of hydrogen-bond donors (Lipinski definition) is 0. The van der Waals surface area contributed by atoms with E-state index in [9.17, 15) is 4.79 Å². The average molecular weight is 254 g/mol. The van der Waals surface area contributed by atoms with Crippen LogP contribution < -0.4 is 0 Å². The zero-order chi connectivity index (χ0) is 13.5. The van der Waals surface area contributed by atoms with Crippen molar-refractivity contribution in [2.75, 3.05) is 6.61 Å². The van der Waals surface area contributed by atoms with E-state index in [2.05, 4.69) is 19.1 Å². The molecule has 0 radical (unpaired) electrons. The summed E-state index contributed by atoms with van der Waals surface area (Å²) in [6, 6.07) is 0. The first-order valence-electron chi connectivity index (χ1n) is 7.55. The van der Waals surface area contributed by atoms with Gasteiger partial charge in [0.15, 0.2) is 0 Å². The highest BCUT2D eigenvalue weighted by molar-refractivity contribution is 5.65. The number of hydrogen-bond acceptors (Lipinski definition) is 2. The largest absolute Gasteiger partial charge is 0.466 e. The summed E-state index contributed by atoms with van der Waals surface area (Å²) in [7, 11) is 0. The van der Waals surface area contributed by atoms with E-state index in [-0.39, 0.29) is 5.97 Å². The molecule has 0 unspecified atom stereocenters. The molecule has 0 saturated heterocycles. The molecule has 0 rings (SSSR count). The van der Waals surface area contributed by atoms with Gasteiger partial charge in [0.25, 0.3) is 0 Å². The fourth-order valence-electron chi connectivity index (χ4n) is 1.90. The summed E-state index contributed by atoms with van der Waals surface area (Å²) >= 11 is 0. The van der Waals surface area contributed by atoms with Gasteiger partial charge < -0.3 is 4.74 Å². The van der Waals surface area contributed by atoms with Gasteiger partial charge in [0.2, 0.25) is 0 Å². The molecule has 0 aliphatic rings. The van der Waals surface area contributed by atoms with Crippen LogP contribution in [0.2, 0.25) is 0 Å². The van der Waals surface area contributed by atoms with Crippen molar-refractivity contribution in [1.82, 2.24) is 0 Å². The molecule has 0 aromatic heterocycles. The third kappa shape index (κ3) is 15.2. The summed E-state index contributed by atoms with van der Waals surface area (Å²) < 4.78 is 4.84. The molecule has 0 heterocycles. The molecule has 0 aliphatic carbocycles. The van der Waals surface area contributed by atoms with Gasteiger partial charge in [-0.25, -0.2) is 0 Å². The van der Waals surface area contributed by atoms with Crippen LogP contribution in [0.25, 0.3) is 0 Å². The Balaban J connectivity index is 3.06. The van der Waals surface area contributed by atoms with Gasteiger partial charge >= 0.3 is 5.97 Å². The predicted octanol–water partition coefficient (Wildman–Crippen LogP) is 5.03. The molecule has 0 N–H and O–H groups in total. The van der Waals surface area contributed by atoms with Gasteiger partial charge in [-0.1, -0.05) is 64.0 Å². The minimum absolute atomic E-state index is 0.188. The Morgan fingerprint density at radius 1 is 0.889 bits per heavy atom. The van der Waals surface area contributed by atoms with Crippen molar-refractivity contribution in [2.45, 2.75) is 78.1 Å². The number of carbonyl (C=O) groups is 1. The van der Waals surface area contributed by atoms with E-state index in [1.807, 2.05) is 0 Å². The fraction of sp³-hybridized carbons (Fsp3) is 0.812. The van der Waals surface area contributed by atoms with Crippen molar-refractivity contribution in [3.63, 3.8) is 0 Å². The molecule has 0 atom stereocenters. The zero-order valence-electron chi connectivity index (χ0n) is 12.2. The topological polar surface area (TPSA) is 26.3 Å². The van der Waals surface area contributed by atoms with Gasteiger partial charge in [-0.15, -0.1) is 0 Å². The third-order valence-electron chi connectivity index (χ3n) is 2.98. The Kier molecular flexibility index (Phi) is 13.6. The Bertz CT molecular complexity index is 209. The molecular formula is C16H30O2. The summed E-state index contributed by atoms with van der Waals surface area (Å²) in [6.07, 6.45) is 17.3. The van der Waals surface area contributed by atoms with Crippen molar-refractivity contribution in [1.29, 1.82) is 0 Å². The first-order valence-corrected chi connectivity index (χ1v) is 7.55. The number of allylic oxidation sites excluding steroid dienone is 1. The molecule has 0 aromatic carbocycles. The molecule has 106 valence electrons. The number of unbranched alkanes of at least 4 members (excludes halogenated alkanes) is 8. The van der Waals surface area contributed by atoms with E-state index in [1.165, 1.54) is 58.3 Å². The van der Waals surface area contributed by atoms with E-state index in [4.69, 9.17) is 4.74 Å². The highest BCUT2D eigenvalue weighted by Crippen LogP contribution is 2.09. The Labute approximate surface area is 113 Å². The summed E-state index contributed by atoms with van der Waals surface area (Å²) in [6.45, 7) is 4.22. The van der Waals surface area contributed by atoms with E-state index >= 15 is 0 Å². The van der Waals surface area contributed by atoms with Crippen LogP contribution in [0.1, 0.15) is 78.1 Å². The standard InChI is InChI=1S/C16H30O2/c1-3-4-5-6-7-8-9-10-11-12-13-14-15-18-16(2)17/h12-13H,3-11,14-15H2,1-2H3/b13-12+. The summed E-state index contributed by atoms with van der Waals surface area (Å²) in [5.41, 5.74) is 0. The van der Waals surface area contributed by atoms with Gasteiger partial charge in [0.05, 0.1) is 6.61 Å². The van der Waals surface area contributed by atoms with Crippen LogP contribution in [0.5, 0.6) is 0 Å². The first-order chi connectivity index (χ1) is 8.77. The minimum Gasteiger partial charge on any atom is -0.466 e. The fourth-order valence-corrected chi connectivity index (χ4v) is 1.90. The Hall–Kier alpha value is -0.790. The van der Waals surface area contributed by atoms with Crippen LogP contribution in [0.15, 0.2) is 12.2 Å². The molecule has 0 aromatic rings. The molecule has 0 fully saturated rings. The maximum absolute atomic E-state index is 10.5. The second kappa shape index (κ2) is 14.3. The van der Waals surface area contributed by atoms with Crippen LogP contribution in [-0.2, 0) is 9.53 Å². The first kappa shape index (κ1) is 17.2. The van der Waals surface area contributed by atoms with Gasteiger partial charge in [0.1, 0.15) is 0 Å². The monoisotopic (exact) mass is 254 g/mol. The van der Waals surface area contributed by atoms with Crippen molar-refractivity contribution in [3.8, 4) is 0 Å². The molecule has 0 saturated carbocycles. The summed E-state index contributed by atoms with van der Waals surface area (Å²) in [5, 5.41) is 0. The SMILES string of the molecule is CCCCCCCCCC/C=C/CCOC(C)=O. The summed E-state index contributed by atoms with van der Waals surface area (Å²) in [4.78, 5) is 10.5. The molecule has 2 heteroatoms. The van der Waals surface area contributed by atoms with E-state index in [1.54, 1.807) is 0 Å². The lowest BCUT2D eigenvalue weighted by Gasteiger charge is -2.00. The van der Waals surface area contributed by atoms with E-state index in [0.717, 1.165) is 12.8 Å². The van der Waals surface area contributed by atoms with Crippen LogP contribution in [-0.4, -0.2) is 12.6 Å². The number of rotatable bonds is 12. The molecule has 0 spiro atoms. The second-order valence-corrected chi connectivity index (χ2v) is 4.86. The maximum atomic E-state index is 10.5. The lowest BCUT2D eigenvalue weighted by atomic mass is 10.1. The van der Waals surface area contributed by atoms with Crippen molar-refractivity contribution >= 4 is 5.97 Å². The van der Waals surface area contributed by atoms with Crippen LogP contribution in [0.3, 0.4) is 0 Å². The molecule has 0 aliphatic heterocycles. The lowest BCUT2D eigenvalue weighted by molar-refractivity contribution is -0.140. The number of carbonyl (C=O) groups excluding carboxylic acids is 1. The maximum Gasteiger partial charge on any atom is 0.302 e. The van der Waals surface area contributed by atoms with Crippen LogP contribution >= 0.6 is 0 Å². The van der Waals surface area contributed by atoms with Crippen LogP contribution in [0.4, 0.5) is 0 Å². The molecule has 0 amide bonds. The van der Waals surface area contributed by atoms with Gasteiger partial charge in [0, 0.05) is 6.92 Å². The molecule has 0 bridgehead atoms. The minimum atomic E-state index is -0.188. The highest BCUT2D eigenvalue weighted by Gasteiger charge is 1.91. The average Bonchev–Trinajstić information content (AvgIpc) is 2.34. The Morgan fingerprint density at radius 3 is 2.06 bits per heavy atom. The number of ether oxygens (including phenoxy) is 1. The molecule has 2 nitrogen and oxygen atoms in total. The van der Waals surface area contributed by atoms with Gasteiger partial charge in [-0.05, 0) is 19.3 Å². The predicted molar refractivity (Wildman–Crippen MR) is 77.6 cm³/mol. The Morgan fingerprint density at radius 2 is 1.44 bits per heavy atom.